The van der Waals surface area contributed by atoms with Crippen molar-refractivity contribution in [2.45, 2.75) is 67.7 Å². The molecule has 0 N–H and O–H groups in total. The molecule has 0 radical (unpaired) electrons. The average molecular weight is 212 g/mol. The molecule has 3 unspecified atom stereocenters. The van der Waals surface area contributed by atoms with E-state index in [4.69, 9.17) is 0 Å². The topological polar surface area (TPSA) is 0 Å². The van der Waals surface area contributed by atoms with Crippen LogP contribution in [0.5, 0.6) is 0 Å². The molecule has 0 saturated carbocycles. The van der Waals surface area contributed by atoms with Crippen molar-refractivity contribution in [3.8, 4) is 0 Å². The predicted molar refractivity (Wildman–Crippen MR) is 71.0 cm³/mol. The molecule has 0 fully saturated rings. The SMILES string of the molecule is CCC(C)C(CCC(C)C(C)C)C(C)C. The van der Waals surface area contributed by atoms with Gasteiger partial charge in [0.2, 0.25) is 0 Å². The van der Waals surface area contributed by atoms with Gasteiger partial charge < -0.3 is 0 Å². The third kappa shape index (κ3) is 5.58. The smallest absolute Gasteiger partial charge is 0.0365 e. The molecule has 0 amide bonds. The van der Waals surface area contributed by atoms with Crippen LogP contribution in [-0.4, -0.2) is 0 Å². The summed E-state index contributed by atoms with van der Waals surface area (Å²) in [7, 11) is 0. The molecule has 0 spiro atoms. The summed E-state index contributed by atoms with van der Waals surface area (Å²) in [6, 6.07) is 0. The third-order valence-electron chi connectivity index (χ3n) is 4.32. The van der Waals surface area contributed by atoms with Gasteiger partial charge in [0.25, 0.3) is 0 Å². The van der Waals surface area contributed by atoms with Crippen molar-refractivity contribution < 1.29 is 0 Å². The van der Waals surface area contributed by atoms with Crippen LogP contribution in [0.1, 0.15) is 67.7 Å². The monoisotopic (exact) mass is 212 g/mol. The Morgan fingerprint density at radius 1 is 0.667 bits per heavy atom. The van der Waals surface area contributed by atoms with Crippen LogP contribution in [-0.2, 0) is 0 Å². The van der Waals surface area contributed by atoms with Gasteiger partial charge in [0.05, 0.1) is 0 Å². The maximum Gasteiger partial charge on any atom is -0.0365 e. The van der Waals surface area contributed by atoms with Gasteiger partial charge in [-0.1, -0.05) is 61.3 Å². The Hall–Kier alpha value is 0. The molecule has 0 aromatic rings. The zero-order chi connectivity index (χ0) is 12.0. The molecule has 0 heterocycles. The molecule has 0 heteroatoms. The normalized spacial score (nSPS) is 18.2. The highest BCUT2D eigenvalue weighted by molar-refractivity contribution is 4.71. The van der Waals surface area contributed by atoms with Crippen LogP contribution in [0.3, 0.4) is 0 Å². The second-order valence-corrected chi connectivity index (χ2v) is 6.09. The quantitative estimate of drug-likeness (QED) is 0.531. The minimum absolute atomic E-state index is 0.842. The molecule has 0 aliphatic carbocycles. The van der Waals surface area contributed by atoms with E-state index >= 15 is 0 Å². The van der Waals surface area contributed by atoms with Gasteiger partial charge in [-0.15, -0.1) is 0 Å². The molecule has 0 nitrogen and oxygen atoms in total. The minimum Gasteiger partial charge on any atom is -0.0651 e. The Balaban J connectivity index is 4.07. The Kier molecular flexibility index (Phi) is 7.30. The summed E-state index contributed by atoms with van der Waals surface area (Å²) in [6.45, 7) is 16.6. The summed E-state index contributed by atoms with van der Waals surface area (Å²) in [5, 5.41) is 0. The zero-order valence-electron chi connectivity index (χ0n) is 12.0. The van der Waals surface area contributed by atoms with E-state index in [0.717, 1.165) is 29.6 Å². The molecule has 0 aromatic carbocycles. The number of rotatable bonds is 7. The minimum atomic E-state index is 0.842. The fourth-order valence-corrected chi connectivity index (χ4v) is 2.37. The maximum atomic E-state index is 2.42. The second-order valence-electron chi connectivity index (χ2n) is 6.09. The molecule has 0 bridgehead atoms. The van der Waals surface area contributed by atoms with Gasteiger partial charge in [0.1, 0.15) is 0 Å². The van der Waals surface area contributed by atoms with Crippen LogP contribution in [0.15, 0.2) is 0 Å². The average Bonchev–Trinajstić information content (AvgIpc) is 2.16. The molecule has 0 aliphatic rings. The van der Waals surface area contributed by atoms with Crippen LogP contribution < -0.4 is 0 Å². The predicted octanol–water partition coefficient (Wildman–Crippen LogP) is 5.38. The Bertz CT molecular complexity index is 146. The Morgan fingerprint density at radius 3 is 1.53 bits per heavy atom. The first kappa shape index (κ1) is 15.0. The van der Waals surface area contributed by atoms with Crippen molar-refractivity contribution >= 4 is 0 Å². The van der Waals surface area contributed by atoms with Crippen molar-refractivity contribution in [2.75, 3.05) is 0 Å². The molecule has 0 aliphatic heterocycles. The van der Waals surface area contributed by atoms with Crippen LogP contribution in [0.2, 0.25) is 0 Å². The van der Waals surface area contributed by atoms with Gasteiger partial charge in [-0.05, 0) is 36.0 Å². The highest BCUT2D eigenvalue weighted by Gasteiger charge is 2.20. The van der Waals surface area contributed by atoms with E-state index in [-0.39, 0.29) is 0 Å². The van der Waals surface area contributed by atoms with Crippen molar-refractivity contribution in [2.24, 2.45) is 29.6 Å². The first-order valence-electron chi connectivity index (χ1n) is 6.90. The molecular weight excluding hydrogens is 180 g/mol. The second kappa shape index (κ2) is 7.30. The van der Waals surface area contributed by atoms with Crippen molar-refractivity contribution in [1.29, 1.82) is 0 Å². The van der Waals surface area contributed by atoms with Gasteiger partial charge >= 0.3 is 0 Å². The van der Waals surface area contributed by atoms with Crippen LogP contribution in [0, 0.1) is 29.6 Å². The van der Waals surface area contributed by atoms with Crippen molar-refractivity contribution in [1.82, 2.24) is 0 Å². The zero-order valence-corrected chi connectivity index (χ0v) is 12.0. The summed E-state index contributed by atoms with van der Waals surface area (Å²) in [4.78, 5) is 0. The summed E-state index contributed by atoms with van der Waals surface area (Å²) in [5.74, 6) is 4.39. The standard InChI is InChI=1S/C15H32/c1-8-13(6)15(12(4)5)10-9-14(7)11(2)3/h11-15H,8-10H2,1-7H3. The first-order valence-corrected chi connectivity index (χ1v) is 6.90. The van der Waals surface area contributed by atoms with E-state index in [2.05, 4.69) is 48.5 Å². The lowest BCUT2D eigenvalue weighted by atomic mass is 9.77. The third-order valence-corrected chi connectivity index (χ3v) is 4.32. The molecule has 92 valence electrons. The van der Waals surface area contributed by atoms with E-state index in [1.807, 2.05) is 0 Å². The van der Waals surface area contributed by atoms with Crippen LogP contribution in [0.25, 0.3) is 0 Å². The molecule has 0 saturated heterocycles. The summed E-state index contributed by atoms with van der Waals surface area (Å²) >= 11 is 0. The van der Waals surface area contributed by atoms with E-state index in [0.29, 0.717) is 0 Å². The summed E-state index contributed by atoms with van der Waals surface area (Å²) in [5.41, 5.74) is 0. The highest BCUT2D eigenvalue weighted by Crippen LogP contribution is 2.30. The number of hydrogen-bond acceptors (Lipinski definition) is 0. The van der Waals surface area contributed by atoms with Crippen LogP contribution >= 0.6 is 0 Å². The van der Waals surface area contributed by atoms with Gasteiger partial charge in [0.15, 0.2) is 0 Å². The molecule has 15 heavy (non-hydrogen) atoms. The fraction of sp³-hybridized carbons (Fsp3) is 1.00. The van der Waals surface area contributed by atoms with E-state index < -0.39 is 0 Å². The van der Waals surface area contributed by atoms with E-state index in [1.54, 1.807) is 0 Å². The molecule has 3 atom stereocenters. The molecule has 0 rings (SSSR count). The Labute approximate surface area is 97.8 Å². The van der Waals surface area contributed by atoms with Gasteiger partial charge in [-0.25, -0.2) is 0 Å². The lowest BCUT2D eigenvalue weighted by Crippen LogP contribution is -2.19. The number of hydrogen-bond donors (Lipinski definition) is 0. The van der Waals surface area contributed by atoms with Crippen molar-refractivity contribution in [3.05, 3.63) is 0 Å². The lowest BCUT2D eigenvalue weighted by Gasteiger charge is -2.28. The lowest BCUT2D eigenvalue weighted by molar-refractivity contribution is 0.220. The van der Waals surface area contributed by atoms with E-state index in [9.17, 15) is 0 Å². The largest absolute Gasteiger partial charge is 0.0651 e. The van der Waals surface area contributed by atoms with Crippen molar-refractivity contribution in [3.63, 3.8) is 0 Å². The van der Waals surface area contributed by atoms with Gasteiger partial charge in [-0.2, -0.15) is 0 Å². The highest BCUT2D eigenvalue weighted by atomic mass is 14.3. The maximum absolute atomic E-state index is 2.42. The summed E-state index contributed by atoms with van der Waals surface area (Å²) in [6.07, 6.45) is 4.16. The first-order chi connectivity index (χ1) is 6.90. The molecular formula is C15H32. The van der Waals surface area contributed by atoms with E-state index in [1.165, 1.54) is 19.3 Å². The molecule has 0 aromatic heterocycles. The van der Waals surface area contributed by atoms with Crippen LogP contribution in [0.4, 0.5) is 0 Å². The fourth-order valence-electron chi connectivity index (χ4n) is 2.37. The summed E-state index contributed by atoms with van der Waals surface area (Å²) < 4.78 is 0. The Morgan fingerprint density at radius 2 is 1.20 bits per heavy atom. The van der Waals surface area contributed by atoms with Gasteiger partial charge in [0, 0.05) is 0 Å². The van der Waals surface area contributed by atoms with Gasteiger partial charge in [-0.3, -0.25) is 0 Å².